The van der Waals surface area contributed by atoms with Gasteiger partial charge in [-0.2, -0.15) is 0 Å². The molecule has 2 N–H and O–H groups in total. The normalized spacial score (nSPS) is 18.6. The molecule has 0 fully saturated rings. The van der Waals surface area contributed by atoms with E-state index in [1.165, 1.54) is 13.8 Å². The number of amides is 3. The van der Waals surface area contributed by atoms with Crippen molar-refractivity contribution in [2.24, 2.45) is 21.1 Å². The molecule has 1 aliphatic heterocycles. The Morgan fingerprint density at radius 2 is 1.69 bits per heavy atom. The summed E-state index contributed by atoms with van der Waals surface area (Å²) in [7, 11) is 5.74. The maximum absolute atomic E-state index is 13.3. The van der Waals surface area contributed by atoms with Gasteiger partial charge in [-0.1, -0.05) is 0 Å². The Labute approximate surface area is 214 Å². The van der Waals surface area contributed by atoms with Gasteiger partial charge >= 0.3 is 214 Å². The molecule has 2 unspecified atom stereocenters. The van der Waals surface area contributed by atoms with Crippen LogP contribution in [-0.2, 0) is 30.4 Å². The summed E-state index contributed by atoms with van der Waals surface area (Å²) < 4.78 is 13.5. The summed E-state index contributed by atoms with van der Waals surface area (Å²) in [5.41, 5.74) is 5.33. The number of carbonyl (C=O) groups is 4. The van der Waals surface area contributed by atoms with Crippen LogP contribution in [0.15, 0.2) is 45.5 Å². The molecule has 0 aliphatic carbocycles. The Bertz CT molecular complexity index is 1090. The quantitative estimate of drug-likeness (QED) is 0.155. The summed E-state index contributed by atoms with van der Waals surface area (Å²) in [6, 6.07) is 9.04. The van der Waals surface area contributed by atoms with Crippen LogP contribution < -0.4 is 10.9 Å². The molecule has 2 rings (SSSR count). The maximum atomic E-state index is 13.3. The van der Waals surface area contributed by atoms with E-state index in [0.717, 1.165) is 19.8 Å². The fourth-order valence-corrected chi connectivity index (χ4v) is 5.90. The topological polar surface area (TPSA) is 160 Å². The summed E-state index contributed by atoms with van der Waals surface area (Å²) in [5, 5.41) is 8.00. The van der Waals surface area contributed by atoms with E-state index in [1.54, 1.807) is 31.1 Å². The number of rotatable bonds is 8. The Balaban J connectivity index is 2.39. The van der Waals surface area contributed by atoms with E-state index >= 15 is 0 Å². The van der Waals surface area contributed by atoms with Gasteiger partial charge < -0.3 is 0 Å². The fourth-order valence-electron chi connectivity index (χ4n) is 3.15. The Morgan fingerprint density at radius 1 is 1.06 bits per heavy atom. The van der Waals surface area contributed by atoms with Crippen molar-refractivity contribution in [2.75, 3.05) is 28.3 Å². The Morgan fingerprint density at radius 3 is 2.25 bits per heavy atom. The number of hydrogen-bond acceptors (Lipinski definition) is 10. The van der Waals surface area contributed by atoms with E-state index in [4.69, 9.17) is 9.47 Å². The second kappa shape index (κ2) is 12.8. The first-order chi connectivity index (χ1) is 17.1. The monoisotopic (exact) mass is 568 g/mol. The van der Waals surface area contributed by atoms with Crippen LogP contribution in [0.3, 0.4) is 0 Å². The number of methoxy groups -OCH3 is 2. The number of hydrogen-bond donors (Lipinski definition) is 2. The van der Waals surface area contributed by atoms with Gasteiger partial charge in [-0.3, -0.25) is 0 Å². The van der Waals surface area contributed by atoms with Crippen LogP contribution in [0, 0.1) is 5.92 Å². The van der Waals surface area contributed by atoms with Crippen LogP contribution in [0.1, 0.15) is 19.4 Å². The summed E-state index contributed by atoms with van der Waals surface area (Å²) in [5.74, 6) is -2.77. The van der Waals surface area contributed by atoms with Crippen molar-refractivity contribution in [2.45, 2.75) is 24.8 Å². The number of ether oxygens (including phenoxy) is 3. The zero-order valence-corrected chi connectivity index (χ0v) is 22.4. The second-order valence-electron chi connectivity index (χ2n) is 7.62. The van der Waals surface area contributed by atoms with E-state index in [-0.39, 0.29) is 18.0 Å². The average Bonchev–Trinajstić information content (AvgIpc) is 3.22. The second-order valence-corrected chi connectivity index (χ2v) is 10.2. The van der Waals surface area contributed by atoms with E-state index in [2.05, 4.69) is 30.8 Å². The molecule has 14 heteroatoms. The third-order valence-corrected chi connectivity index (χ3v) is 8.48. The number of nitrogens with one attached hydrogen (secondary N) is 2. The molecule has 1 heterocycles. The predicted molar refractivity (Wildman–Crippen MR) is 132 cm³/mol. The Kier molecular flexibility index (Phi) is 10.1. The number of aliphatic imine (C=N–C) groups is 1. The number of carbonyl (C=O) groups excluding carboxylic acids is 4. The molecule has 1 aliphatic rings. The van der Waals surface area contributed by atoms with Crippen molar-refractivity contribution in [1.29, 1.82) is 0 Å². The van der Waals surface area contributed by atoms with Crippen LogP contribution in [0.5, 0.6) is 0 Å². The van der Waals surface area contributed by atoms with Crippen molar-refractivity contribution in [3.8, 4) is 0 Å². The summed E-state index contributed by atoms with van der Waals surface area (Å²) in [6.45, 7) is 2.95. The molecule has 13 nitrogen and oxygen atoms in total. The molecule has 0 saturated carbocycles. The van der Waals surface area contributed by atoms with Gasteiger partial charge in [-0.25, -0.2) is 0 Å². The molecule has 3 amide bonds. The summed E-state index contributed by atoms with van der Waals surface area (Å²) in [4.78, 5) is 55.9. The van der Waals surface area contributed by atoms with Gasteiger partial charge in [-0.05, 0) is 0 Å². The van der Waals surface area contributed by atoms with Gasteiger partial charge in [0.2, 0.25) is 0 Å². The van der Waals surface area contributed by atoms with Crippen molar-refractivity contribution < 1.29 is 33.4 Å². The van der Waals surface area contributed by atoms with Crippen LogP contribution in [0.2, 0.25) is 4.31 Å². The summed E-state index contributed by atoms with van der Waals surface area (Å²) in [6.07, 6.45) is -1.72. The van der Waals surface area contributed by atoms with Crippen LogP contribution >= 0.6 is 0 Å². The third kappa shape index (κ3) is 6.67. The van der Waals surface area contributed by atoms with Gasteiger partial charge in [-0.15, -0.1) is 0 Å². The molecule has 2 atom stereocenters. The van der Waals surface area contributed by atoms with E-state index in [0.29, 0.717) is 4.73 Å². The fraction of sp³-hybridized carbons (Fsp3) is 0.409. The molecular weight excluding hydrogens is 539 g/mol. The molecule has 0 spiro atoms. The first-order valence-corrected chi connectivity index (χ1v) is 12.2. The Hall–Kier alpha value is -3.77. The molecule has 194 valence electrons. The first kappa shape index (κ1) is 28.5. The molecular formula is C22H28N6O7Se. The van der Waals surface area contributed by atoms with Gasteiger partial charge in [0.25, 0.3) is 0 Å². The van der Waals surface area contributed by atoms with Gasteiger partial charge in [0, 0.05) is 0 Å². The predicted octanol–water partition coefficient (Wildman–Crippen LogP) is 1.13. The third-order valence-electron chi connectivity index (χ3n) is 4.99. The van der Waals surface area contributed by atoms with Gasteiger partial charge in [0.15, 0.2) is 0 Å². The number of amidine groups is 1. The number of esters is 1. The molecule has 1 aromatic rings. The van der Waals surface area contributed by atoms with E-state index in [1.807, 2.05) is 18.2 Å². The van der Waals surface area contributed by atoms with Gasteiger partial charge in [0.05, 0.1) is 0 Å². The zero-order chi connectivity index (χ0) is 26.9. The van der Waals surface area contributed by atoms with Crippen LogP contribution in [0.25, 0.3) is 0 Å². The van der Waals surface area contributed by atoms with E-state index < -0.39 is 49.3 Å². The van der Waals surface area contributed by atoms with Gasteiger partial charge in [0.1, 0.15) is 0 Å². The number of hydrazone groups is 2. The molecule has 0 radical (unpaired) electrons. The van der Waals surface area contributed by atoms with Crippen molar-refractivity contribution in [3.05, 3.63) is 35.9 Å². The molecule has 0 aromatic heterocycles. The number of nitrogens with zero attached hydrogens (tertiary/aromatic N) is 4. The molecule has 0 saturated heterocycles. The minimum atomic E-state index is -1.62. The van der Waals surface area contributed by atoms with Crippen molar-refractivity contribution in [1.82, 2.24) is 15.8 Å². The molecule has 1 aromatic carbocycles. The van der Waals surface area contributed by atoms with E-state index in [9.17, 15) is 19.2 Å². The van der Waals surface area contributed by atoms with Crippen molar-refractivity contribution in [3.63, 3.8) is 0 Å². The van der Waals surface area contributed by atoms with Crippen LogP contribution in [-0.4, -0.2) is 88.4 Å². The molecule has 0 bridgehead atoms. The SMILES string of the molecule is COC(=O)N/N=C(\C)C1(C(C(=O)OC)/C(C)=N/NC(=O)OCc2ccccc2)[Se]C(N(C)C)=NC1=O. The first-order valence-electron chi connectivity index (χ1n) is 10.5. The molecule has 36 heavy (non-hydrogen) atoms. The summed E-state index contributed by atoms with van der Waals surface area (Å²) >= 11 is -0.775. The number of benzene rings is 1. The van der Waals surface area contributed by atoms with Crippen LogP contribution in [0.4, 0.5) is 9.59 Å². The zero-order valence-electron chi connectivity index (χ0n) is 20.7. The standard InChI is InChI=1S/C22H28N6O7Se/c1-13(24-27-21(32)35-12-15-10-8-7-9-11-15)16(17(29)33-5)22(14(2)25-26-20(31)34-6)18(30)23-19(36-22)28(3)4/h7-11,16H,12H2,1-6H3,(H,26,31)(H,27,32)/b24-13+,25-14+. The average molecular weight is 567 g/mol. The van der Waals surface area contributed by atoms with Crippen molar-refractivity contribution >= 4 is 55.2 Å². The minimum absolute atomic E-state index is 0.0121.